The van der Waals surface area contributed by atoms with E-state index in [0.717, 1.165) is 34.1 Å². The molecule has 5 rings (SSSR count). The van der Waals surface area contributed by atoms with Crippen molar-refractivity contribution in [3.63, 3.8) is 0 Å². The highest BCUT2D eigenvalue weighted by atomic mass is 35.5. The molecule has 1 aliphatic rings. The number of hydrogen-bond donors (Lipinski definition) is 1. The van der Waals surface area contributed by atoms with Gasteiger partial charge in [-0.3, -0.25) is 4.79 Å². The van der Waals surface area contributed by atoms with E-state index in [1.807, 2.05) is 0 Å². The van der Waals surface area contributed by atoms with Gasteiger partial charge in [0, 0.05) is 26.2 Å². The lowest BCUT2D eigenvalue weighted by molar-refractivity contribution is -0.274. The van der Waals surface area contributed by atoms with Crippen LogP contribution < -0.4 is 19.7 Å². The number of sulfonamides is 1. The summed E-state index contributed by atoms with van der Waals surface area (Å²) in [5, 5.41) is 3.31. The molecule has 0 saturated carbocycles. The SMILES string of the molecule is COc1ccc(CNC(=O)[C@H]2CN(c3nc4nc(Cl)ncc4s3)CCN2S(=O)(=O)c2ccc(OC(F)(F)F)cc2)cc1. The fraction of sp³-hybridized carbons (Fsp3) is 0.280. The van der Waals surface area contributed by atoms with E-state index in [1.54, 1.807) is 29.2 Å². The second-order valence-electron chi connectivity index (χ2n) is 8.99. The number of nitrogens with one attached hydrogen (secondary N) is 1. The van der Waals surface area contributed by atoms with Crippen LogP contribution in [0.2, 0.25) is 5.28 Å². The zero-order valence-electron chi connectivity index (χ0n) is 21.7. The lowest BCUT2D eigenvalue weighted by atomic mass is 10.2. The number of carbonyl (C=O) groups is 1. The minimum absolute atomic E-state index is 0.0256. The van der Waals surface area contributed by atoms with Crippen molar-refractivity contribution in [2.24, 2.45) is 0 Å². The van der Waals surface area contributed by atoms with E-state index in [-0.39, 0.29) is 36.4 Å². The van der Waals surface area contributed by atoms with Crippen LogP contribution in [0, 0.1) is 0 Å². The van der Waals surface area contributed by atoms with Crippen LogP contribution in [0.1, 0.15) is 5.56 Å². The van der Waals surface area contributed by atoms with Crippen LogP contribution in [-0.2, 0) is 21.4 Å². The number of ether oxygens (including phenoxy) is 2. The number of amides is 1. The molecule has 0 bridgehead atoms. The monoisotopic (exact) mass is 642 g/mol. The van der Waals surface area contributed by atoms with Gasteiger partial charge in [-0.1, -0.05) is 23.5 Å². The Balaban J connectivity index is 1.41. The van der Waals surface area contributed by atoms with E-state index in [2.05, 4.69) is 25.0 Å². The Bertz CT molecular complexity index is 1690. The number of carbonyl (C=O) groups excluding carboxylic acids is 1. The molecule has 0 aliphatic carbocycles. The number of benzene rings is 2. The molecule has 4 aromatic rings. The number of nitrogens with zero attached hydrogens (tertiary/aromatic N) is 5. The molecular formula is C25H22ClF3N6O5S2. The molecule has 0 radical (unpaired) electrons. The molecule has 1 atom stereocenters. The maximum Gasteiger partial charge on any atom is 0.573 e. The summed E-state index contributed by atoms with van der Waals surface area (Å²) in [4.78, 5) is 27.5. The lowest BCUT2D eigenvalue weighted by Gasteiger charge is -2.39. The van der Waals surface area contributed by atoms with Crippen molar-refractivity contribution in [3.8, 4) is 11.5 Å². The third kappa shape index (κ3) is 6.67. The molecule has 2 aromatic heterocycles. The van der Waals surface area contributed by atoms with Gasteiger partial charge in [0.25, 0.3) is 0 Å². The minimum Gasteiger partial charge on any atom is -0.497 e. The van der Waals surface area contributed by atoms with Crippen molar-refractivity contribution >= 4 is 54.3 Å². The van der Waals surface area contributed by atoms with Crippen LogP contribution in [0.15, 0.2) is 59.6 Å². The largest absolute Gasteiger partial charge is 0.573 e. The zero-order valence-corrected chi connectivity index (χ0v) is 24.1. The highest BCUT2D eigenvalue weighted by Crippen LogP contribution is 2.32. The summed E-state index contributed by atoms with van der Waals surface area (Å²) in [6.07, 6.45) is -3.40. The summed E-state index contributed by atoms with van der Waals surface area (Å²) < 4.78 is 75.8. The number of thiazole rings is 1. The van der Waals surface area contributed by atoms with E-state index >= 15 is 0 Å². The Morgan fingerprint density at radius 3 is 2.45 bits per heavy atom. The number of halogens is 4. The molecule has 1 fully saturated rings. The van der Waals surface area contributed by atoms with Crippen LogP contribution in [0.5, 0.6) is 11.5 Å². The number of fused-ring (bicyclic) bond motifs is 1. The zero-order chi connectivity index (χ0) is 30.1. The summed E-state index contributed by atoms with van der Waals surface area (Å²) in [5.41, 5.74) is 1.12. The minimum atomic E-state index is -4.93. The van der Waals surface area contributed by atoms with Gasteiger partial charge < -0.3 is 19.7 Å². The van der Waals surface area contributed by atoms with Gasteiger partial charge in [-0.15, -0.1) is 13.2 Å². The molecule has 1 amide bonds. The summed E-state index contributed by atoms with van der Waals surface area (Å²) in [5.74, 6) is -0.502. The van der Waals surface area contributed by atoms with Crippen molar-refractivity contribution in [2.45, 2.75) is 23.8 Å². The van der Waals surface area contributed by atoms with Crippen LogP contribution in [0.4, 0.5) is 18.3 Å². The molecule has 1 saturated heterocycles. The molecule has 1 aliphatic heterocycles. The van der Waals surface area contributed by atoms with Crippen molar-refractivity contribution in [2.75, 3.05) is 31.6 Å². The van der Waals surface area contributed by atoms with E-state index < -0.39 is 34.1 Å². The summed E-state index contributed by atoms with van der Waals surface area (Å²) in [6, 6.07) is 9.61. The Morgan fingerprint density at radius 2 is 1.79 bits per heavy atom. The summed E-state index contributed by atoms with van der Waals surface area (Å²) in [7, 11) is -2.78. The predicted molar refractivity (Wildman–Crippen MR) is 148 cm³/mol. The number of aromatic nitrogens is 3. The van der Waals surface area contributed by atoms with Gasteiger partial charge in [0.2, 0.25) is 21.2 Å². The van der Waals surface area contributed by atoms with Crippen LogP contribution in [-0.4, -0.2) is 72.7 Å². The van der Waals surface area contributed by atoms with Gasteiger partial charge in [0.15, 0.2) is 10.8 Å². The molecule has 2 aromatic carbocycles. The van der Waals surface area contributed by atoms with Gasteiger partial charge in [-0.05, 0) is 53.6 Å². The second kappa shape index (κ2) is 11.9. The first kappa shape index (κ1) is 29.8. The van der Waals surface area contributed by atoms with Crippen molar-refractivity contribution in [1.82, 2.24) is 24.6 Å². The lowest BCUT2D eigenvalue weighted by Crippen LogP contribution is -2.60. The van der Waals surface area contributed by atoms with Crippen molar-refractivity contribution in [3.05, 3.63) is 65.6 Å². The van der Waals surface area contributed by atoms with E-state index in [1.165, 1.54) is 24.6 Å². The van der Waals surface area contributed by atoms with Gasteiger partial charge in [-0.2, -0.15) is 14.3 Å². The molecular weight excluding hydrogens is 621 g/mol. The normalized spacial score (nSPS) is 16.4. The fourth-order valence-electron chi connectivity index (χ4n) is 4.28. The van der Waals surface area contributed by atoms with Crippen molar-refractivity contribution in [1.29, 1.82) is 0 Å². The molecule has 0 unspecified atom stereocenters. The molecule has 11 nitrogen and oxygen atoms in total. The second-order valence-corrected chi connectivity index (χ2v) is 12.2. The number of methoxy groups -OCH3 is 1. The average Bonchev–Trinajstić information content (AvgIpc) is 3.38. The Labute approximate surface area is 246 Å². The van der Waals surface area contributed by atoms with Crippen LogP contribution in [0.25, 0.3) is 10.3 Å². The van der Waals surface area contributed by atoms with E-state index in [9.17, 15) is 26.4 Å². The fourth-order valence-corrected chi connectivity index (χ4v) is 6.89. The molecule has 222 valence electrons. The summed E-state index contributed by atoms with van der Waals surface area (Å²) in [6.45, 7) is 0.139. The molecule has 17 heteroatoms. The van der Waals surface area contributed by atoms with Crippen molar-refractivity contribution < 1.29 is 35.9 Å². The summed E-state index contributed by atoms with van der Waals surface area (Å²) >= 11 is 7.15. The van der Waals surface area contributed by atoms with Gasteiger partial charge in [-0.25, -0.2) is 13.4 Å². The molecule has 3 heterocycles. The Hall–Kier alpha value is -3.73. The Morgan fingerprint density at radius 1 is 1.10 bits per heavy atom. The van der Waals surface area contributed by atoms with Gasteiger partial charge in [0.05, 0.1) is 22.9 Å². The first-order chi connectivity index (χ1) is 19.9. The standard InChI is InChI=1S/C25H22ClF3N6O5S2/c1-39-16-4-2-15(3-5-16)12-30-22(36)19-14-34(24-33-21-20(41-24)13-31-23(26)32-21)10-11-35(19)42(37,38)18-8-6-17(7-9-18)40-25(27,28)29/h2-9,13,19H,10-12,14H2,1H3,(H,30,36)/t19-/m1/s1. The number of rotatable bonds is 8. The first-order valence-electron chi connectivity index (χ1n) is 12.3. The molecule has 1 N–H and O–H groups in total. The maximum absolute atomic E-state index is 13.7. The van der Waals surface area contributed by atoms with Crippen LogP contribution >= 0.6 is 22.9 Å². The number of alkyl halides is 3. The van der Waals surface area contributed by atoms with Gasteiger partial charge in [0.1, 0.15) is 17.5 Å². The van der Waals surface area contributed by atoms with Crippen LogP contribution in [0.3, 0.4) is 0 Å². The predicted octanol–water partition coefficient (Wildman–Crippen LogP) is 3.84. The third-order valence-electron chi connectivity index (χ3n) is 6.30. The number of piperazine rings is 1. The highest BCUT2D eigenvalue weighted by molar-refractivity contribution is 7.89. The first-order valence-corrected chi connectivity index (χ1v) is 14.9. The Kier molecular flexibility index (Phi) is 8.41. The quantitative estimate of drug-likeness (QED) is 0.285. The van der Waals surface area contributed by atoms with E-state index in [0.29, 0.717) is 21.2 Å². The number of anilines is 1. The maximum atomic E-state index is 13.7. The topological polar surface area (TPSA) is 127 Å². The van der Waals surface area contributed by atoms with E-state index in [4.69, 9.17) is 16.3 Å². The highest BCUT2D eigenvalue weighted by Gasteiger charge is 2.41. The average molecular weight is 643 g/mol. The smallest absolute Gasteiger partial charge is 0.497 e. The third-order valence-corrected chi connectivity index (χ3v) is 9.45. The molecule has 42 heavy (non-hydrogen) atoms. The molecule has 0 spiro atoms. The van der Waals surface area contributed by atoms with Gasteiger partial charge >= 0.3 is 6.36 Å². The number of hydrogen-bond acceptors (Lipinski definition) is 10.